The summed E-state index contributed by atoms with van der Waals surface area (Å²) in [6, 6.07) is 15.2. The van der Waals surface area contributed by atoms with Crippen LogP contribution < -0.4 is 0 Å². The largest absolute Gasteiger partial charge is 0.462 e. The summed E-state index contributed by atoms with van der Waals surface area (Å²) in [5, 5.41) is 0.751. The summed E-state index contributed by atoms with van der Waals surface area (Å²) in [5.74, 6) is -0.242. The molecule has 2 aromatic rings. The average molecular weight is 541 g/mol. The van der Waals surface area contributed by atoms with Crippen LogP contribution in [0.25, 0.3) is 0 Å². The van der Waals surface area contributed by atoms with E-state index in [2.05, 4.69) is 30.3 Å². The first-order valence-corrected chi connectivity index (χ1v) is 14.3. The summed E-state index contributed by atoms with van der Waals surface area (Å²) in [4.78, 5) is 22.9. The molecule has 4 rings (SSSR count). The Morgan fingerprint density at radius 2 is 1.71 bits per heavy atom. The van der Waals surface area contributed by atoms with Crippen molar-refractivity contribution in [2.45, 2.75) is 97.4 Å². The Balaban J connectivity index is 1.36. The van der Waals surface area contributed by atoms with Crippen molar-refractivity contribution in [3.05, 3.63) is 69.7 Å². The van der Waals surface area contributed by atoms with Gasteiger partial charge in [-0.15, -0.1) is 0 Å². The monoisotopic (exact) mass is 540 g/mol. The Bertz CT molecular complexity index is 1110. The minimum Gasteiger partial charge on any atom is -0.462 e. The molecule has 1 unspecified atom stereocenters. The van der Waals surface area contributed by atoms with Crippen LogP contribution in [0.15, 0.2) is 42.5 Å². The van der Waals surface area contributed by atoms with Gasteiger partial charge in [-0.25, -0.2) is 0 Å². The van der Waals surface area contributed by atoms with Gasteiger partial charge in [-0.05, 0) is 84.6 Å². The van der Waals surface area contributed by atoms with Crippen molar-refractivity contribution in [3.8, 4) is 0 Å². The normalized spacial score (nSPS) is 20.1. The number of carbonyl (C=O) groups excluding carboxylic acids is 2. The fourth-order valence-corrected chi connectivity index (χ4v) is 6.08. The smallest absolute Gasteiger partial charge is 0.303 e. The lowest BCUT2D eigenvalue weighted by molar-refractivity contribution is -0.163. The number of esters is 2. The molecule has 2 aliphatic rings. The van der Waals surface area contributed by atoms with Gasteiger partial charge >= 0.3 is 11.9 Å². The Hall–Kier alpha value is -2.37. The minimum atomic E-state index is -0.566. The van der Waals surface area contributed by atoms with Crippen LogP contribution in [0.1, 0.15) is 94.4 Å². The highest BCUT2D eigenvalue weighted by Crippen LogP contribution is 2.61. The first-order valence-electron chi connectivity index (χ1n) is 14.0. The van der Waals surface area contributed by atoms with Gasteiger partial charge < -0.3 is 14.2 Å². The molecule has 38 heavy (non-hydrogen) atoms. The molecule has 4 atom stereocenters. The predicted molar refractivity (Wildman–Crippen MR) is 149 cm³/mol. The number of hydrogen-bond donors (Lipinski definition) is 0. The fraction of sp³-hybridized carbons (Fsp3) is 0.562. The van der Waals surface area contributed by atoms with E-state index in [9.17, 15) is 9.59 Å². The highest BCUT2D eigenvalue weighted by Gasteiger charge is 2.48. The van der Waals surface area contributed by atoms with Crippen LogP contribution in [0.5, 0.6) is 0 Å². The molecule has 0 bridgehead atoms. The van der Waals surface area contributed by atoms with E-state index in [1.165, 1.54) is 57.1 Å². The summed E-state index contributed by atoms with van der Waals surface area (Å²) >= 11 is 6.58. The second kappa shape index (κ2) is 12.7. The van der Waals surface area contributed by atoms with Crippen LogP contribution in [0.3, 0.4) is 0 Å². The molecule has 6 heteroatoms. The van der Waals surface area contributed by atoms with E-state index in [1.807, 2.05) is 26.0 Å². The highest BCUT2D eigenvalue weighted by molar-refractivity contribution is 6.31. The van der Waals surface area contributed by atoms with Crippen LogP contribution in [-0.4, -0.2) is 30.8 Å². The molecule has 1 spiro atoms. The molecule has 2 aromatic carbocycles. The van der Waals surface area contributed by atoms with Gasteiger partial charge in [0.25, 0.3) is 0 Å². The van der Waals surface area contributed by atoms with Crippen molar-refractivity contribution in [1.82, 2.24) is 0 Å². The van der Waals surface area contributed by atoms with Crippen molar-refractivity contribution in [2.75, 3.05) is 6.61 Å². The predicted octanol–water partition coefficient (Wildman–Crippen LogP) is 7.40. The third-order valence-electron chi connectivity index (χ3n) is 8.42. The summed E-state index contributed by atoms with van der Waals surface area (Å²) in [5.41, 5.74) is 5.54. The molecule has 0 radical (unpaired) electrons. The van der Waals surface area contributed by atoms with Gasteiger partial charge in [0.05, 0.1) is 12.7 Å². The Morgan fingerprint density at radius 1 is 1.00 bits per heavy atom. The molecule has 2 saturated carbocycles. The van der Waals surface area contributed by atoms with Crippen LogP contribution in [0.4, 0.5) is 0 Å². The maximum absolute atomic E-state index is 11.6. The van der Waals surface area contributed by atoms with E-state index in [4.69, 9.17) is 25.8 Å². The lowest BCUT2D eigenvalue weighted by Gasteiger charge is -2.29. The zero-order chi connectivity index (χ0) is 27.3. The quantitative estimate of drug-likeness (QED) is 0.262. The lowest BCUT2D eigenvalue weighted by Crippen LogP contribution is -2.37. The molecule has 0 amide bonds. The molecular weight excluding hydrogens is 500 g/mol. The number of hydrogen-bond acceptors (Lipinski definition) is 5. The topological polar surface area (TPSA) is 61.8 Å². The molecule has 0 aromatic heterocycles. The summed E-state index contributed by atoms with van der Waals surface area (Å²) < 4.78 is 16.8. The van der Waals surface area contributed by atoms with E-state index < -0.39 is 18.0 Å². The molecule has 5 nitrogen and oxygen atoms in total. The van der Waals surface area contributed by atoms with Crippen LogP contribution >= 0.6 is 11.6 Å². The molecule has 0 saturated heterocycles. The molecule has 0 heterocycles. The number of ether oxygens (including phenoxy) is 3. The summed E-state index contributed by atoms with van der Waals surface area (Å²) in [6.45, 7) is 7.12. The molecule has 2 aliphatic carbocycles. The van der Waals surface area contributed by atoms with Gasteiger partial charge in [-0.3, -0.25) is 9.59 Å². The Morgan fingerprint density at radius 3 is 2.32 bits per heavy atom. The molecule has 0 aliphatic heterocycles. The van der Waals surface area contributed by atoms with Crippen LogP contribution in [-0.2, 0) is 36.8 Å². The second-order valence-electron chi connectivity index (χ2n) is 11.4. The molecule has 206 valence electrons. The summed E-state index contributed by atoms with van der Waals surface area (Å²) in [7, 11) is 0. The van der Waals surface area contributed by atoms with Gasteiger partial charge in [0.1, 0.15) is 12.7 Å². The maximum Gasteiger partial charge on any atom is 0.303 e. The molecule has 0 N–H and O–H groups in total. The van der Waals surface area contributed by atoms with Crippen molar-refractivity contribution in [2.24, 2.45) is 11.3 Å². The lowest BCUT2D eigenvalue weighted by atomic mass is 9.93. The van der Waals surface area contributed by atoms with Gasteiger partial charge in [0.2, 0.25) is 0 Å². The summed E-state index contributed by atoms with van der Waals surface area (Å²) in [6.07, 6.45) is 7.71. The van der Waals surface area contributed by atoms with E-state index in [-0.39, 0.29) is 18.6 Å². The third-order valence-corrected chi connectivity index (χ3v) is 8.79. The Labute approximate surface area is 232 Å². The van der Waals surface area contributed by atoms with E-state index in [0.717, 1.165) is 34.9 Å². The first kappa shape index (κ1) is 28.6. The molecule has 2 fully saturated rings. The van der Waals surface area contributed by atoms with Crippen molar-refractivity contribution in [3.63, 3.8) is 0 Å². The van der Waals surface area contributed by atoms with Crippen molar-refractivity contribution >= 4 is 23.5 Å². The van der Waals surface area contributed by atoms with E-state index in [0.29, 0.717) is 12.0 Å². The Kier molecular flexibility index (Phi) is 9.54. The van der Waals surface area contributed by atoms with Crippen molar-refractivity contribution in [1.29, 1.82) is 0 Å². The van der Waals surface area contributed by atoms with Crippen LogP contribution in [0.2, 0.25) is 5.02 Å². The van der Waals surface area contributed by atoms with Crippen molar-refractivity contribution < 1.29 is 23.8 Å². The second-order valence-corrected chi connectivity index (χ2v) is 11.8. The fourth-order valence-electron chi connectivity index (χ4n) is 5.89. The maximum atomic E-state index is 11.6. The number of benzene rings is 2. The average Bonchev–Trinajstić information content (AvgIpc) is 3.52. The number of carbonyl (C=O) groups is 2. The minimum absolute atomic E-state index is 0.0153. The van der Waals surface area contributed by atoms with Gasteiger partial charge in [-0.2, -0.15) is 0 Å². The first-order chi connectivity index (χ1) is 18.2. The van der Waals surface area contributed by atoms with Gasteiger partial charge in [-0.1, -0.05) is 61.8 Å². The number of halogens is 1. The highest BCUT2D eigenvalue weighted by atomic mass is 35.5. The van der Waals surface area contributed by atoms with Gasteiger partial charge in [0, 0.05) is 24.8 Å². The van der Waals surface area contributed by atoms with E-state index in [1.54, 1.807) is 0 Å². The third kappa shape index (κ3) is 7.60. The molecular formula is C32H41ClO5. The SMILES string of the molecule is CC[C@@H](OCc1ccc(Cl)c(Cc2ccc(C3CCC4(CC4)C3)cc2)c1)[C@@H](C)[C@@H](COC(C)=O)OC(C)=O. The van der Waals surface area contributed by atoms with E-state index >= 15 is 0 Å². The number of rotatable bonds is 12. The zero-order valence-corrected chi connectivity index (χ0v) is 23.9. The van der Waals surface area contributed by atoms with Crippen LogP contribution in [0, 0.1) is 11.3 Å². The van der Waals surface area contributed by atoms with Gasteiger partial charge in [0.15, 0.2) is 0 Å². The standard InChI is InChI=1S/C32H41ClO5/c1-5-30(21(2)31(38-23(4)35)20-36-22(3)34)37-19-25-8-11-29(33)28(17-25)16-24-6-9-26(10-7-24)27-12-13-32(18-27)14-15-32/h6-11,17,21,27,30-31H,5,12-16,18-20H2,1-4H3/t21-,27?,30-,31-/m1/s1. The zero-order valence-electron chi connectivity index (χ0n) is 23.1.